The molecule has 1 aromatic heterocycles. The summed E-state index contributed by atoms with van der Waals surface area (Å²) in [5.41, 5.74) is 2.54. The summed E-state index contributed by atoms with van der Waals surface area (Å²) in [5, 5.41) is 12.0. The number of aryl methyl sites for hydroxylation is 1. The maximum atomic E-state index is 12.5. The van der Waals surface area contributed by atoms with Gasteiger partial charge < -0.3 is 14.6 Å². The van der Waals surface area contributed by atoms with Gasteiger partial charge in [-0.3, -0.25) is 4.79 Å². The molecule has 0 atom stereocenters. The number of ether oxygens (including phenoxy) is 1. The summed E-state index contributed by atoms with van der Waals surface area (Å²) < 4.78 is 7.57. The molecule has 0 spiro atoms. The number of aromatic nitrogens is 3. The monoisotopic (exact) mass is 388 g/mol. The summed E-state index contributed by atoms with van der Waals surface area (Å²) in [4.78, 5) is 12.5. The molecule has 1 aromatic carbocycles. The topological polar surface area (TPSA) is 69.0 Å². The Morgan fingerprint density at radius 3 is 2.78 bits per heavy atom. The minimum absolute atomic E-state index is 0.0257. The van der Waals surface area contributed by atoms with Crippen molar-refractivity contribution in [2.75, 3.05) is 25.5 Å². The molecular weight excluding hydrogens is 360 g/mol. The lowest BCUT2D eigenvalue weighted by Gasteiger charge is -2.39. The summed E-state index contributed by atoms with van der Waals surface area (Å²) in [6, 6.07) is 8.74. The third-order valence-electron chi connectivity index (χ3n) is 5.22. The molecule has 3 rings (SSSR count). The fourth-order valence-electron chi connectivity index (χ4n) is 3.61. The van der Waals surface area contributed by atoms with Crippen molar-refractivity contribution in [3.8, 4) is 0 Å². The number of thioether (sulfide) groups is 1. The highest BCUT2D eigenvalue weighted by atomic mass is 32.2. The van der Waals surface area contributed by atoms with Crippen molar-refractivity contribution in [1.29, 1.82) is 0 Å². The number of nitrogens with one attached hydrogen (secondary N) is 1. The summed E-state index contributed by atoms with van der Waals surface area (Å²) in [7, 11) is 0. The van der Waals surface area contributed by atoms with E-state index in [1.54, 1.807) is 6.33 Å². The molecule has 0 radical (unpaired) electrons. The number of carbonyl (C=O) groups is 1. The van der Waals surface area contributed by atoms with Gasteiger partial charge >= 0.3 is 0 Å². The van der Waals surface area contributed by atoms with E-state index in [9.17, 15) is 4.79 Å². The van der Waals surface area contributed by atoms with Crippen LogP contribution in [0.5, 0.6) is 0 Å². The zero-order valence-corrected chi connectivity index (χ0v) is 17.1. The van der Waals surface area contributed by atoms with Crippen LogP contribution >= 0.6 is 11.8 Å². The van der Waals surface area contributed by atoms with Crippen LogP contribution in [-0.2, 0) is 14.9 Å². The number of hydrogen-bond donors (Lipinski definition) is 1. The van der Waals surface area contributed by atoms with E-state index < -0.39 is 0 Å². The smallest absolute Gasteiger partial charge is 0.230 e. The Morgan fingerprint density at radius 2 is 2.07 bits per heavy atom. The summed E-state index contributed by atoms with van der Waals surface area (Å²) in [6.07, 6.45) is 3.56. The molecule has 6 nitrogen and oxygen atoms in total. The molecule has 1 saturated heterocycles. The lowest BCUT2D eigenvalue weighted by molar-refractivity contribution is -0.119. The first-order valence-electron chi connectivity index (χ1n) is 9.45. The van der Waals surface area contributed by atoms with E-state index in [1.807, 2.05) is 4.57 Å². The van der Waals surface area contributed by atoms with Crippen LogP contribution in [-0.4, -0.2) is 46.2 Å². The number of rotatable bonds is 7. The van der Waals surface area contributed by atoms with Gasteiger partial charge in [-0.25, -0.2) is 0 Å². The van der Waals surface area contributed by atoms with Gasteiger partial charge in [0.05, 0.1) is 5.75 Å². The van der Waals surface area contributed by atoms with E-state index in [-0.39, 0.29) is 17.4 Å². The Morgan fingerprint density at radius 1 is 1.33 bits per heavy atom. The Kier molecular flexibility index (Phi) is 6.55. The molecule has 7 heteroatoms. The molecule has 1 amide bonds. The average molecular weight is 389 g/mol. The zero-order chi connectivity index (χ0) is 19.3. The molecule has 27 heavy (non-hydrogen) atoms. The zero-order valence-electron chi connectivity index (χ0n) is 16.3. The van der Waals surface area contributed by atoms with Crippen LogP contribution in [0.2, 0.25) is 0 Å². The molecule has 2 heterocycles. The highest BCUT2D eigenvalue weighted by molar-refractivity contribution is 7.99. The minimum atomic E-state index is -0.0537. The quantitative estimate of drug-likeness (QED) is 0.738. The molecule has 0 aliphatic carbocycles. The van der Waals surface area contributed by atoms with Crippen LogP contribution in [0.1, 0.15) is 43.9 Å². The second-order valence-corrected chi connectivity index (χ2v) is 8.33. The van der Waals surface area contributed by atoms with Crippen molar-refractivity contribution in [3.63, 3.8) is 0 Å². The lowest BCUT2D eigenvalue weighted by atomic mass is 9.72. The van der Waals surface area contributed by atoms with E-state index in [2.05, 4.69) is 60.6 Å². The molecule has 1 aliphatic rings. The van der Waals surface area contributed by atoms with E-state index in [4.69, 9.17) is 4.74 Å². The third kappa shape index (κ3) is 4.71. The van der Waals surface area contributed by atoms with Gasteiger partial charge in [0.1, 0.15) is 6.33 Å². The van der Waals surface area contributed by atoms with Gasteiger partial charge in [0, 0.05) is 31.2 Å². The normalized spacial score (nSPS) is 16.4. The Bertz CT molecular complexity index is 769. The second kappa shape index (κ2) is 8.89. The number of carbonyl (C=O) groups excluding carboxylic acids is 1. The molecule has 0 bridgehead atoms. The summed E-state index contributed by atoms with van der Waals surface area (Å²) in [6.45, 7) is 8.39. The predicted octanol–water partition coefficient (Wildman–Crippen LogP) is 3.12. The van der Waals surface area contributed by atoms with Crippen LogP contribution in [0.4, 0.5) is 0 Å². The van der Waals surface area contributed by atoms with Crippen LogP contribution < -0.4 is 5.32 Å². The molecular formula is C20H28N4O2S. The third-order valence-corrected chi connectivity index (χ3v) is 6.18. The van der Waals surface area contributed by atoms with E-state index >= 15 is 0 Å². The van der Waals surface area contributed by atoms with Gasteiger partial charge in [0.2, 0.25) is 5.91 Å². The Hall–Kier alpha value is -1.86. The Labute approximate surface area is 165 Å². The highest BCUT2D eigenvalue weighted by Gasteiger charge is 2.35. The van der Waals surface area contributed by atoms with Crippen molar-refractivity contribution < 1.29 is 9.53 Å². The fourth-order valence-corrected chi connectivity index (χ4v) is 4.48. The van der Waals surface area contributed by atoms with Crippen molar-refractivity contribution in [3.05, 3.63) is 41.7 Å². The number of amides is 1. The maximum absolute atomic E-state index is 12.5. The second-order valence-electron chi connectivity index (χ2n) is 7.39. The molecule has 0 unspecified atom stereocenters. The molecule has 1 aliphatic heterocycles. The Balaban J connectivity index is 1.63. The van der Waals surface area contributed by atoms with Crippen molar-refractivity contribution in [2.45, 2.75) is 50.2 Å². The molecule has 2 aromatic rings. The average Bonchev–Trinajstić information content (AvgIpc) is 3.15. The molecule has 1 fully saturated rings. The summed E-state index contributed by atoms with van der Waals surface area (Å²) in [5.74, 6) is 0.365. The maximum Gasteiger partial charge on any atom is 0.230 e. The number of nitrogens with zero attached hydrogens (tertiary/aromatic N) is 3. The molecule has 1 N–H and O–H groups in total. The van der Waals surface area contributed by atoms with Gasteiger partial charge in [-0.2, -0.15) is 0 Å². The summed E-state index contributed by atoms with van der Waals surface area (Å²) >= 11 is 1.43. The van der Waals surface area contributed by atoms with E-state index in [0.717, 1.165) is 31.2 Å². The van der Waals surface area contributed by atoms with Crippen molar-refractivity contribution >= 4 is 17.7 Å². The van der Waals surface area contributed by atoms with Crippen LogP contribution in [0.3, 0.4) is 0 Å². The van der Waals surface area contributed by atoms with E-state index in [1.165, 1.54) is 22.9 Å². The molecule has 146 valence electrons. The fraction of sp³-hybridized carbons (Fsp3) is 0.550. The van der Waals surface area contributed by atoms with Crippen LogP contribution in [0, 0.1) is 6.92 Å². The highest BCUT2D eigenvalue weighted by Crippen LogP contribution is 2.36. The van der Waals surface area contributed by atoms with E-state index in [0.29, 0.717) is 12.3 Å². The molecule has 0 saturated carbocycles. The number of hydrogen-bond acceptors (Lipinski definition) is 5. The van der Waals surface area contributed by atoms with Gasteiger partial charge in [-0.15, -0.1) is 10.2 Å². The standard InChI is InChI=1S/C20H28N4O2S/c1-15(2)24-14-22-23-19(24)27-12-18(25)21-13-20(8-10-26-11-9-20)17-7-5-4-6-16(17)3/h4-7,14-15H,8-13H2,1-3H3,(H,21,25). The van der Waals surface area contributed by atoms with Gasteiger partial charge in [0.25, 0.3) is 0 Å². The van der Waals surface area contributed by atoms with Gasteiger partial charge in [0.15, 0.2) is 5.16 Å². The first-order valence-corrected chi connectivity index (χ1v) is 10.4. The van der Waals surface area contributed by atoms with Crippen LogP contribution in [0.15, 0.2) is 35.7 Å². The van der Waals surface area contributed by atoms with Gasteiger partial charge in [-0.1, -0.05) is 36.0 Å². The first-order chi connectivity index (χ1) is 13.0. The first kappa shape index (κ1) is 19.9. The predicted molar refractivity (Wildman–Crippen MR) is 107 cm³/mol. The van der Waals surface area contributed by atoms with Crippen molar-refractivity contribution in [2.24, 2.45) is 0 Å². The largest absolute Gasteiger partial charge is 0.381 e. The number of benzene rings is 1. The minimum Gasteiger partial charge on any atom is -0.381 e. The SMILES string of the molecule is Cc1ccccc1C1(CNC(=O)CSc2nncn2C(C)C)CCOCC1. The van der Waals surface area contributed by atoms with Crippen LogP contribution in [0.25, 0.3) is 0 Å². The van der Waals surface area contributed by atoms with Gasteiger partial charge in [-0.05, 0) is 44.7 Å². The van der Waals surface area contributed by atoms with Crippen molar-refractivity contribution in [1.82, 2.24) is 20.1 Å². The lowest BCUT2D eigenvalue weighted by Crippen LogP contribution is -2.45.